The zero-order chi connectivity index (χ0) is 16.6. The van der Waals surface area contributed by atoms with Crippen molar-refractivity contribution in [3.05, 3.63) is 57.6 Å². The summed E-state index contributed by atoms with van der Waals surface area (Å²) in [4.78, 5) is 12.3. The lowest BCUT2D eigenvalue weighted by molar-refractivity contribution is -0.110. The zero-order valence-corrected chi connectivity index (χ0v) is 14.2. The third-order valence-corrected chi connectivity index (χ3v) is 3.87. The van der Waals surface area contributed by atoms with Gasteiger partial charge >= 0.3 is 0 Å². The summed E-state index contributed by atoms with van der Waals surface area (Å²) in [6.07, 6.45) is 1.82. The molecule has 2 aromatic rings. The summed E-state index contributed by atoms with van der Waals surface area (Å²) in [6, 6.07) is 10.7. The van der Waals surface area contributed by atoms with Crippen molar-refractivity contribution in [3.8, 4) is 5.75 Å². The maximum absolute atomic E-state index is 12.3. The van der Waals surface area contributed by atoms with Crippen molar-refractivity contribution in [1.29, 1.82) is 0 Å². The van der Waals surface area contributed by atoms with Crippen molar-refractivity contribution < 1.29 is 9.53 Å². The van der Waals surface area contributed by atoms with Gasteiger partial charge in [0, 0.05) is 26.7 Å². The Labute approximate surface area is 144 Å². The van der Waals surface area contributed by atoms with Crippen LogP contribution in [0.15, 0.2) is 36.4 Å². The van der Waals surface area contributed by atoms with Crippen molar-refractivity contribution >= 4 is 46.4 Å². The van der Waals surface area contributed by atoms with Crippen LogP contribution < -0.4 is 10.1 Å². The smallest absolute Gasteiger partial charge is 0.256 e. The highest BCUT2D eigenvalue weighted by molar-refractivity contribution is 6.37. The number of ether oxygens (including phenoxy) is 1. The normalized spacial score (nSPS) is 15.0. The van der Waals surface area contributed by atoms with E-state index in [1.807, 2.05) is 26.0 Å². The van der Waals surface area contributed by atoms with E-state index in [4.69, 9.17) is 27.9 Å². The number of nitrogens with one attached hydrogen (secondary N) is 1. The summed E-state index contributed by atoms with van der Waals surface area (Å²) >= 11 is 12.1. The van der Waals surface area contributed by atoms with Gasteiger partial charge in [-0.15, -0.1) is 0 Å². The second-order valence-electron chi connectivity index (χ2n) is 5.55. The van der Waals surface area contributed by atoms with Gasteiger partial charge in [-0.3, -0.25) is 4.79 Å². The third kappa shape index (κ3) is 3.36. The van der Waals surface area contributed by atoms with Gasteiger partial charge in [0.2, 0.25) is 0 Å². The first-order valence-electron chi connectivity index (χ1n) is 7.23. The van der Waals surface area contributed by atoms with Crippen LogP contribution in [0.25, 0.3) is 11.6 Å². The summed E-state index contributed by atoms with van der Waals surface area (Å²) in [5, 5.41) is 3.98. The minimum atomic E-state index is -0.169. The van der Waals surface area contributed by atoms with Crippen molar-refractivity contribution in [3.63, 3.8) is 0 Å². The molecule has 1 amide bonds. The number of fused-ring (bicyclic) bond motifs is 1. The van der Waals surface area contributed by atoms with E-state index >= 15 is 0 Å². The van der Waals surface area contributed by atoms with E-state index < -0.39 is 0 Å². The van der Waals surface area contributed by atoms with Gasteiger partial charge in [0.15, 0.2) is 0 Å². The highest BCUT2D eigenvalue weighted by Gasteiger charge is 2.24. The summed E-state index contributed by atoms with van der Waals surface area (Å²) in [6.45, 7) is 3.90. The molecule has 0 unspecified atom stereocenters. The summed E-state index contributed by atoms with van der Waals surface area (Å²) in [7, 11) is 0. The number of halogens is 2. The van der Waals surface area contributed by atoms with Crippen molar-refractivity contribution in [2.75, 3.05) is 5.32 Å². The Morgan fingerprint density at radius 2 is 1.78 bits per heavy atom. The van der Waals surface area contributed by atoms with Gasteiger partial charge in [-0.2, -0.15) is 0 Å². The molecule has 5 heteroatoms. The van der Waals surface area contributed by atoms with Crippen LogP contribution in [0.5, 0.6) is 5.75 Å². The van der Waals surface area contributed by atoms with Crippen LogP contribution in [-0.2, 0) is 4.79 Å². The van der Waals surface area contributed by atoms with Crippen LogP contribution in [0.4, 0.5) is 5.69 Å². The maximum Gasteiger partial charge on any atom is 0.256 e. The predicted molar refractivity (Wildman–Crippen MR) is 95.2 cm³/mol. The number of anilines is 1. The minimum Gasteiger partial charge on any atom is -0.490 e. The second kappa shape index (κ2) is 6.26. The number of benzene rings is 2. The summed E-state index contributed by atoms with van der Waals surface area (Å²) in [5.74, 6) is 0.518. The molecule has 1 N–H and O–H groups in total. The Morgan fingerprint density at radius 3 is 2.52 bits per heavy atom. The van der Waals surface area contributed by atoms with Crippen LogP contribution in [0, 0.1) is 0 Å². The largest absolute Gasteiger partial charge is 0.490 e. The molecule has 0 spiro atoms. The lowest BCUT2D eigenvalue weighted by atomic mass is 10.0. The van der Waals surface area contributed by atoms with Crippen LogP contribution in [0.1, 0.15) is 25.0 Å². The molecule has 3 nitrogen and oxygen atoms in total. The molecule has 0 atom stereocenters. The van der Waals surface area contributed by atoms with E-state index in [1.54, 1.807) is 30.3 Å². The lowest BCUT2D eigenvalue weighted by Gasteiger charge is -2.13. The Bertz CT molecular complexity index is 813. The molecule has 0 saturated heterocycles. The lowest BCUT2D eigenvalue weighted by Crippen LogP contribution is -2.07. The van der Waals surface area contributed by atoms with Gasteiger partial charge in [0.1, 0.15) is 5.75 Å². The number of hydrogen-bond donors (Lipinski definition) is 1. The van der Waals surface area contributed by atoms with E-state index in [2.05, 4.69) is 5.32 Å². The Kier molecular flexibility index (Phi) is 4.33. The van der Waals surface area contributed by atoms with Gasteiger partial charge in [0.05, 0.1) is 11.8 Å². The fourth-order valence-electron chi connectivity index (χ4n) is 2.46. The molecule has 0 aromatic heterocycles. The van der Waals surface area contributed by atoms with E-state index in [0.717, 1.165) is 11.1 Å². The molecule has 1 heterocycles. The average Bonchev–Trinajstić information content (AvgIpc) is 2.76. The molecule has 0 aliphatic carbocycles. The molecule has 0 saturated carbocycles. The van der Waals surface area contributed by atoms with Crippen LogP contribution in [0.3, 0.4) is 0 Å². The summed E-state index contributed by atoms with van der Waals surface area (Å²) < 4.78 is 5.80. The van der Waals surface area contributed by atoms with Crippen molar-refractivity contribution in [2.45, 2.75) is 20.0 Å². The predicted octanol–water partition coefficient (Wildman–Crippen LogP) is 5.27. The molecular formula is C18H15Cl2NO2. The van der Waals surface area contributed by atoms with Crippen LogP contribution >= 0.6 is 23.2 Å². The van der Waals surface area contributed by atoms with E-state index in [-0.39, 0.29) is 12.0 Å². The molecular weight excluding hydrogens is 333 g/mol. The SMILES string of the molecule is CC(C)Oc1ccc(Cl)cc1/C=C1\C(=O)Nc2cc(Cl)ccc21. The quantitative estimate of drug-likeness (QED) is 0.767. The second-order valence-corrected chi connectivity index (χ2v) is 6.42. The van der Waals surface area contributed by atoms with Gasteiger partial charge in [-0.1, -0.05) is 29.3 Å². The molecule has 1 aliphatic rings. The molecule has 118 valence electrons. The summed E-state index contributed by atoms with van der Waals surface area (Å²) in [5.41, 5.74) is 2.85. The van der Waals surface area contributed by atoms with Crippen molar-refractivity contribution in [2.24, 2.45) is 0 Å². The number of rotatable bonds is 3. The van der Waals surface area contributed by atoms with Crippen LogP contribution in [0.2, 0.25) is 10.0 Å². The fraction of sp³-hybridized carbons (Fsp3) is 0.167. The maximum atomic E-state index is 12.3. The number of carbonyl (C=O) groups excluding carboxylic acids is 1. The molecule has 1 aliphatic heterocycles. The monoisotopic (exact) mass is 347 g/mol. The highest BCUT2D eigenvalue weighted by Crippen LogP contribution is 2.36. The zero-order valence-electron chi connectivity index (χ0n) is 12.7. The molecule has 23 heavy (non-hydrogen) atoms. The van der Waals surface area contributed by atoms with Crippen LogP contribution in [-0.4, -0.2) is 12.0 Å². The van der Waals surface area contributed by atoms with Gasteiger partial charge in [-0.25, -0.2) is 0 Å². The van der Waals surface area contributed by atoms with Gasteiger partial charge < -0.3 is 10.1 Å². The fourth-order valence-corrected chi connectivity index (χ4v) is 2.81. The number of hydrogen-bond acceptors (Lipinski definition) is 2. The van der Waals surface area contributed by atoms with Crippen molar-refractivity contribution in [1.82, 2.24) is 0 Å². The third-order valence-electron chi connectivity index (χ3n) is 3.40. The Balaban J connectivity index is 2.09. The van der Waals surface area contributed by atoms with E-state index in [9.17, 15) is 4.79 Å². The van der Waals surface area contributed by atoms with Gasteiger partial charge in [-0.05, 0) is 50.3 Å². The number of carbonyl (C=O) groups is 1. The first kappa shape index (κ1) is 15.9. The molecule has 0 bridgehead atoms. The Hall–Kier alpha value is -1.97. The molecule has 2 aromatic carbocycles. The number of amides is 1. The molecule has 0 radical (unpaired) electrons. The minimum absolute atomic E-state index is 0.0248. The standard InChI is InChI=1S/C18H15Cl2NO2/c1-10(2)23-17-6-4-12(19)7-11(17)8-15-14-5-3-13(20)9-16(14)21-18(15)22/h3-10H,1-2H3,(H,21,22)/b15-8-. The highest BCUT2D eigenvalue weighted by atomic mass is 35.5. The molecule has 0 fully saturated rings. The first-order chi connectivity index (χ1) is 10.9. The first-order valence-corrected chi connectivity index (χ1v) is 7.99. The molecule has 3 rings (SSSR count). The topological polar surface area (TPSA) is 38.3 Å². The Morgan fingerprint density at radius 1 is 1.09 bits per heavy atom. The van der Waals surface area contributed by atoms with E-state index in [1.165, 1.54) is 0 Å². The average molecular weight is 348 g/mol. The van der Waals surface area contributed by atoms with E-state index in [0.29, 0.717) is 27.1 Å². The van der Waals surface area contributed by atoms with Gasteiger partial charge in [0.25, 0.3) is 5.91 Å².